The molecular formula is C12H22N2O4. The fourth-order valence-corrected chi connectivity index (χ4v) is 1.85. The van der Waals surface area contributed by atoms with E-state index in [4.69, 9.17) is 9.84 Å². The number of carbonyl (C=O) groups excluding carboxylic acids is 1. The van der Waals surface area contributed by atoms with Crippen LogP contribution in [0.25, 0.3) is 0 Å². The monoisotopic (exact) mass is 258 g/mol. The summed E-state index contributed by atoms with van der Waals surface area (Å²) < 4.78 is 5.23. The van der Waals surface area contributed by atoms with E-state index < -0.39 is 11.9 Å². The fraction of sp³-hybridized carbons (Fsp3) is 0.833. The van der Waals surface area contributed by atoms with Crippen LogP contribution in [0.1, 0.15) is 20.3 Å². The van der Waals surface area contributed by atoms with Crippen LogP contribution in [0.5, 0.6) is 0 Å². The smallest absolute Gasteiger partial charge is 0.317 e. The number of carbonyl (C=O) groups is 2. The summed E-state index contributed by atoms with van der Waals surface area (Å²) in [5.41, 5.74) is 0. The number of urea groups is 1. The third-order valence-corrected chi connectivity index (χ3v) is 3.15. The number of rotatable bonds is 6. The minimum Gasteiger partial charge on any atom is -0.481 e. The van der Waals surface area contributed by atoms with Crippen molar-refractivity contribution < 1.29 is 19.4 Å². The van der Waals surface area contributed by atoms with Gasteiger partial charge in [0.2, 0.25) is 0 Å². The summed E-state index contributed by atoms with van der Waals surface area (Å²) in [6.45, 7) is 6.22. The Morgan fingerprint density at radius 3 is 2.78 bits per heavy atom. The van der Waals surface area contributed by atoms with E-state index in [2.05, 4.69) is 5.32 Å². The van der Waals surface area contributed by atoms with Gasteiger partial charge in [0.1, 0.15) is 0 Å². The summed E-state index contributed by atoms with van der Waals surface area (Å²) >= 11 is 0. The molecule has 0 radical (unpaired) electrons. The van der Waals surface area contributed by atoms with Gasteiger partial charge in [-0.25, -0.2) is 4.79 Å². The Labute approximate surface area is 107 Å². The highest BCUT2D eigenvalue weighted by Crippen LogP contribution is 2.10. The molecule has 6 nitrogen and oxygen atoms in total. The van der Waals surface area contributed by atoms with Crippen LogP contribution in [0.15, 0.2) is 0 Å². The molecule has 1 saturated heterocycles. The maximum atomic E-state index is 11.9. The van der Waals surface area contributed by atoms with Crippen LogP contribution >= 0.6 is 0 Å². The first-order chi connectivity index (χ1) is 8.54. The molecule has 1 heterocycles. The normalized spacial score (nSPS) is 20.4. The molecule has 104 valence electrons. The molecule has 0 aliphatic carbocycles. The van der Waals surface area contributed by atoms with Crippen LogP contribution in [-0.2, 0) is 9.53 Å². The lowest BCUT2D eigenvalue weighted by molar-refractivity contribution is -0.141. The standard InChI is InChI=1S/C12H22N2O4/c1-3-14(7-9(2)11(15)16)12(17)13-6-10-4-5-18-8-10/h9-10H,3-8H2,1-2H3,(H,13,17)(H,15,16). The summed E-state index contributed by atoms with van der Waals surface area (Å²) in [6.07, 6.45) is 0.970. The van der Waals surface area contributed by atoms with Crippen molar-refractivity contribution in [2.75, 3.05) is 32.8 Å². The van der Waals surface area contributed by atoms with E-state index >= 15 is 0 Å². The van der Waals surface area contributed by atoms with Gasteiger partial charge in [0.25, 0.3) is 0 Å². The van der Waals surface area contributed by atoms with Crippen LogP contribution in [0.4, 0.5) is 4.79 Å². The number of nitrogens with one attached hydrogen (secondary N) is 1. The molecule has 1 aliphatic rings. The van der Waals surface area contributed by atoms with E-state index in [1.54, 1.807) is 6.92 Å². The van der Waals surface area contributed by atoms with Gasteiger partial charge in [0.15, 0.2) is 0 Å². The molecule has 18 heavy (non-hydrogen) atoms. The molecule has 0 aromatic rings. The first-order valence-corrected chi connectivity index (χ1v) is 6.37. The van der Waals surface area contributed by atoms with Crippen LogP contribution < -0.4 is 5.32 Å². The first kappa shape index (κ1) is 14.8. The van der Waals surface area contributed by atoms with E-state index in [-0.39, 0.29) is 12.6 Å². The Morgan fingerprint density at radius 2 is 2.28 bits per heavy atom. The lowest BCUT2D eigenvalue weighted by atomic mass is 10.1. The number of amides is 2. The molecule has 0 aromatic heterocycles. The number of hydrogen-bond donors (Lipinski definition) is 2. The van der Waals surface area contributed by atoms with Gasteiger partial charge in [-0.3, -0.25) is 4.79 Å². The van der Waals surface area contributed by atoms with Crippen molar-refractivity contribution in [1.82, 2.24) is 10.2 Å². The predicted octanol–water partition coefficient (Wildman–Crippen LogP) is 0.775. The first-order valence-electron chi connectivity index (χ1n) is 6.37. The van der Waals surface area contributed by atoms with E-state index in [0.29, 0.717) is 25.6 Å². The van der Waals surface area contributed by atoms with Crippen LogP contribution in [0.3, 0.4) is 0 Å². The second-order valence-electron chi connectivity index (χ2n) is 4.69. The number of carboxylic acid groups (broad SMARTS) is 1. The average Bonchev–Trinajstić information content (AvgIpc) is 2.85. The number of ether oxygens (including phenoxy) is 1. The second-order valence-corrected chi connectivity index (χ2v) is 4.69. The highest BCUT2D eigenvalue weighted by molar-refractivity contribution is 5.75. The molecule has 0 saturated carbocycles. The SMILES string of the molecule is CCN(CC(C)C(=O)O)C(=O)NCC1CCOC1. The Morgan fingerprint density at radius 1 is 1.56 bits per heavy atom. The fourth-order valence-electron chi connectivity index (χ4n) is 1.85. The second kappa shape index (κ2) is 7.20. The van der Waals surface area contributed by atoms with Gasteiger partial charge < -0.3 is 20.1 Å². The van der Waals surface area contributed by atoms with Crippen LogP contribution in [0, 0.1) is 11.8 Å². The Kier molecular flexibility index (Phi) is 5.91. The van der Waals surface area contributed by atoms with Gasteiger partial charge in [-0.2, -0.15) is 0 Å². The Bertz CT molecular complexity index is 290. The van der Waals surface area contributed by atoms with Gasteiger partial charge in [0, 0.05) is 32.2 Å². The molecular weight excluding hydrogens is 236 g/mol. The molecule has 2 atom stereocenters. The average molecular weight is 258 g/mol. The minimum atomic E-state index is -0.884. The predicted molar refractivity (Wildman–Crippen MR) is 66.4 cm³/mol. The summed E-state index contributed by atoms with van der Waals surface area (Å²) in [5.74, 6) is -1.06. The third kappa shape index (κ3) is 4.52. The van der Waals surface area contributed by atoms with E-state index in [0.717, 1.165) is 13.0 Å². The van der Waals surface area contributed by atoms with E-state index in [1.807, 2.05) is 6.92 Å². The summed E-state index contributed by atoms with van der Waals surface area (Å²) in [4.78, 5) is 24.2. The van der Waals surface area contributed by atoms with Gasteiger partial charge >= 0.3 is 12.0 Å². The zero-order chi connectivity index (χ0) is 13.5. The van der Waals surface area contributed by atoms with Crippen molar-refractivity contribution in [1.29, 1.82) is 0 Å². The largest absolute Gasteiger partial charge is 0.481 e. The summed E-state index contributed by atoms with van der Waals surface area (Å²) in [7, 11) is 0. The van der Waals surface area contributed by atoms with Gasteiger partial charge in [-0.1, -0.05) is 6.92 Å². The van der Waals surface area contributed by atoms with Crippen molar-refractivity contribution in [3.05, 3.63) is 0 Å². The van der Waals surface area contributed by atoms with E-state index in [9.17, 15) is 9.59 Å². The molecule has 0 aromatic carbocycles. The maximum Gasteiger partial charge on any atom is 0.317 e. The highest BCUT2D eigenvalue weighted by Gasteiger charge is 2.21. The minimum absolute atomic E-state index is 0.197. The zero-order valence-corrected chi connectivity index (χ0v) is 11.0. The molecule has 0 spiro atoms. The van der Waals surface area contributed by atoms with Crippen molar-refractivity contribution in [2.45, 2.75) is 20.3 Å². The van der Waals surface area contributed by atoms with Crippen molar-refractivity contribution in [3.63, 3.8) is 0 Å². The summed E-state index contributed by atoms with van der Waals surface area (Å²) in [5, 5.41) is 11.7. The molecule has 2 N–H and O–H groups in total. The topological polar surface area (TPSA) is 78.9 Å². The number of carboxylic acids is 1. The molecule has 1 fully saturated rings. The molecule has 2 amide bonds. The number of hydrogen-bond acceptors (Lipinski definition) is 3. The van der Waals surface area contributed by atoms with Gasteiger partial charge in [-0.15, -0.1) is 0 Å². The lowest BCUT2D eigenvalue weighted by Crippen LogP contribution is -2.44. The molecule has 2 unspecified atom stereocenters. The summed E-state index contributed by atoms with van der Waals surface area (Å²) in [6, 6.07) is -0.197. The van der Waals surface area contributed by atoms with Crippen LogP contribution in [0.2, 0.25) is 0 Å². The van der Waals surface area contributed by atoms with Gasteiger partial charge in [0.05, 0.1) is 12.5 Å². The van der Waals surface area contributed by atoms with Crippen molar-refractivity contribution in [3.8, 4) is 0 Å². The molecule has 1 rings (SSSR count). The van der Waals surface area contributed by atoms with Crippen molar-refractivity contribution in [2.24, 2.45) is 11.8 Å². The molecule has 0 bridgehead atoms. The Balaban J connectivity index is 2.33. The quantitative estimate of drug-likeness (QED) is 0.737. The van der Waals surface area contributed by atoms with Crippen LogP contribution in [-0.4, -0.2) is 54.9 Å². The highest BCUT2D eigenvalue weighted by atomic mass is 16.5. The third-order valence-electron chi connectivity index (χ3n) is 3.15. The lowest BCUT2D eigenvalue weighted by Gasteiger charge is -2.24. The maximum absolute atomic E-state index is 11.9. The van der Waals surface area contributed by atoms with Crippen molar-refractivity contribution >= 4 is 12.0 Å². The van der Waals surface area contributed by atoms with Gasteiger partial charge in [-0.05, 0) is 13.3 Å². The Hall–Kier alpha value is -1.30. The number of aliphatic carboxylic acids is 1. The number of nitrogens with zero attached hydrogens (tertiary/aromatic N) is 1. The zero-order valence-electron chi connectivity index (χ0n) is 11.0. The molecule has 6 heteroatoms. The molecule has 1 aliphatic heterocycles. The van der Waals surface area contributed by atoms with E-state index in [1.165, 1.54) is 4.90 Å².